The summed E-state index contributed by atoms with van der Waals surface area (Å²) in [5, 5.41) is 13.5. The molecule has 1 heterocycles. The molecule has 1 aliphatic rings. The third-order valence-corrected chi connectivity index (χ3v) is 2.77. The molecule has 1 saturated carbocycles. The molecule has 0 aromatic carbocycles. The van der Waals surface area contributed by atoms with Gasteiger partial charge in [-0.15, -0.1) is 0 Å². The molecule has 1 aromatic rings. The van der Waals surface area contributed by atoms with Crippen molar-refractivity contribution < 1.29 is 4.92 Å². The predicted octanol–water partition coefficient (Wildman–Crippen LogP) is 1.18. The van der Waals surface area contributed by atoms with Crippen LogP contribution in [-0.2, 0) is 0 Å². The van der Waals surface area contributed by atoms with E-state index in [1.807, 2.05) is 0 Å². The first kappa shape index (κ1) is 10.6. The van der Waals surface area contributed by atoms with Gasteiger partial charge in [-0.3, -0.25) is 10.1 Å². The lowest BCUT2D eigenvalue weighted by Crippen LogP contribution is -2.22. The van der Waals surface area contributed by atoms with Gasteiger partial charge in [-0.2, -0.15) is 4.98 Å². The minimum atomic E-state index is -0.592. The molecule has 7 nitrogen and oxygen atoms in total. The minimum Gasteiger partial charge on any atom is -0.378 e. The lowest BCUT2D eigenvalue weighted by atomic mass is 9.85. The molecule has 1 aromatic heterocycles. The summed E-state index contributed by atoms with van der Waals surface area (Å²) in [6.07, 6.45) is 4.84. The molecule has 0 amide bonds. The van der Waals surface area contributed by atoms with Gasteiger partial charge >= 0.3 is 5.69 Å². The fourth-order valence-electron chi connectivity index (χ4n) is 1.55. The largest absolute Gasteiger partial charge is 0.378 e. The van der Waals surface area contributed by atoms with E-state index in [4.69, 9.17) is 5.73 Å². The van der Waals surface area contributed by atoms with Crippen molar-refractivity contribution in [2.75, 3.05) is 17.6 Å². The molecule has 0 spiro atoms. The average molecular weight is 223 g/mol. The lowest BCUT2D eigenvalue weighted by Gasteiger charge is -2.25. The number of nitrogens with one attached hydrogen (secondary N) is 1. The average Bonchev–Trinajstić information content (AvgIpc) is 2.14. The van der Waals surface area contributed by atoms with Gasteiger partial charge in [0.2, 0.25) is 11.8 Å². The van der Waals surface area contributed by atoms with Crippen LogP contribution in [0.1, 0.15) is 19.3 Å². The van der Waals surface area contributed by atoms with Gasteiger partial charge in [0.15, 0.2) is 0 Å². The second kappa shape index (κ2) is 4.30. The van der Waals surface area contributed by atoms with Gasteiger partial charge in [0.25, 0.3) is 0 Å². The third kappa shape index (κ3) is 2.18. The van der Waals surface area contributed by atoms with Crippen molar-refractivity contribution in [2.24, 2.45) is 5.92 Å². The Morgan fingerprint density at radius 2 is 2.38 bits per heavy atom. The molecule has 2 rings (SSSR count). The van der Waals surface area contributed by atoms with Gasteiger partial charge in [0, 0.05) is 6.54 Å². The van der Waals surface area contributed by atoms with Gasteiger partial charge in [0.05, 0.1) is 4.92 Å². The van der Waals surface area contributed by atoms with Gasteiger partial charge < -0.3 is 11.1 Å². The molecular formula is C9H13N5O2. The molecule has 0 unspecified atom stereocenters. The summed E-state index contributed by atoms with van der Waals surface area (Å²) in [6, 6.07) is 0. The molecule has 86 valence electrons. The normalized spacial score (nSPS) is 15.5. The summed E-state index contributed by atoms with van der Waals surface area (Å²) >= 11 is 0. The zero-order valence-electron chi connectivity index (χ0n) is 8.72. The van der Waals surface area contributed by atoms with Gasteiger partial charge in [0.1, 0.15) is 6.20 Å². The Balaban J connectivity index is 1.99. The number of nitro groups is 1. The van der Waals surface area contributed by atoms with E-state index in [0.717, 1.165) is 12.7 Å². The van der Waals surface area contributed by atoms with E-state index >= 15 is 0 Å². The van der Waals surface area contributed by atoms with Crippen LogP contribution in [0.4, 0.5) is 17.5 Å². The summed E-state index contributed by atoms with van der Waals surface area (Å²) in [4.78, 5) is 17.6. The molecule has 7 heteroatoms. The molecular weight excluding hydrogens is 210 g/mol. The topological polar surface area (TPSA) is 107 Å². The van der Waals surface area contributed by atoms with Crippen LogP contribution >= 0.6 is 0 Å². The Labute approximate surface area is 92.2 Å². The van der Waals surface area contributed by atoms with E-state index in [0.29, 0.717) is 11.9 Å². The van der Waals surface area contributed by atoms with E-state index in [2.05, 4.69) is 15.3 Å². The van der Waals surface area contributed by atoms with E-state index in [-0.39, 0.29) is 11.5 Å². The highest BCUT2D eigenvalue weighted by Gasteiger charge is 2.18. The summed E-state index contributed by atoms with van der Waals surface area (Å²) in [7, 11) is 0. The smallest absolute Gasteiger partial charge is 0.329 e. The van der Waals surface area contributed by atoms with Crippen molar-refractivity contribution in [1.82, 2.24) is 9.97 Å². The summed E-state index contributed by atoms with van der Waals surface area (Å²) in [5.74, 6) is 0.922. The van der Waals surface area contributed by atoms with Crippen LogP contribution in [0.2, 0.25) is 0 Å². The Hall–Kier alpha value is -1.92. The lowest BCUT2D eigenvalue weighted by molar-refractivity contribution is -0.384. The second-order valence-electron chi connectivity index (χ2n) is 3.90. The quantitative estimate of drug-likeness (QED) is 0.586. The first-order valence-corrected chi connectivity index (χ1v) is 5.17. The summed E-state index contributed by atoms with van der Waals surface area (Å²) < 4.78 is 0. The van der Waals surface area contributed by atoms with Gasteiger partial charge in [-0.25, -0.2) is 4.98 Å². The Morgan fingerprint density at radius 3 is 2.88 bits per heavy atom. The minimum absolute atomic E-state index is 0.101. The van der Waals surface area contributed by atoms with Crippen molar-refractivity contribution in [3.05, 3.63) is 16.3 Å². The third-order valence-electron chi connectivity index (χ3n) is 2.77. The second-order valence-corrected chi connectivity index (χ2v) is 3.90. The highest BCUT2D eigenvalue weighted by Crippen LogP contribution is 2.26. The number of hydrogen-bond acceptors (Lipinski definition) is 6. The Bertz CT molecular complexity index is 405. The molecule has 0 saturated heterocycles. The predicted molar refractivity (Wildman–Crippen MR) is 58.9 cm³/mol. The van der Waals surface area contributed by atoms with Crippen LogP contribution in [-0.4, -0.2) is 21.4 Å². The Morgan fingerprint density at radius 1 is 1.62 bits per heavy atom. The van der Waals surface area contributed by atoms with Crippen LogP contribution in [0, 0.1) is 16.0 Å². The van der Waals surface area contributed by atoms with Crippen LogP contribution in [0.3, 0.4) is 0 Å². The standard InChI is InChI=1S/C9H13N5O2/c10-8-7(14(15)16)5-12-9(13-8)11-4-6-2-1-3-6/h5-6H,1-4H2,(H3,10,11,12,13). The van der Waals surface area contributed by atoms with Crippen molar-refractivity contribution in [3.8, 4) is 0 Å². The highest BCUT2D eigenvalue weighted by atomic mass is 16.6. The number of nitrogens with zero attached hydrogens (tertiary/aromatic N) is 3. The van der Waals surface area contributed by atoms with Crippen molar-refractivity contribution in [3.63, 3.8) is 0 Å². The van der Waals surface area contributed by atoms with Crippen molar-refractivity contribution in [2.45, 2.75) is 19.3 Å². The molecule has 0 bridgehead atoms. The number of nitrogens with two attached hydrogens (primary N) is 1. The number of anilines is 2. The maximum atomic E-state index is 10.5. The molecule has 1 fully saturated rings. The van der Waals surface area contributed by atoms with E-state index in [1.54, 1.807) is 0 Å². The van der Waals surface area contributed by atoms with E-state index < -0.39 is 4.92 Å². The number of hydrogen-bond donors (Lipinski definition) is 2. The monoisotopic (exact) mass is 223 g/mol. The van der Waals surface area contributed by atoms with E-state index in [1.165, 1.54) is 19.3 Å². The van der Waals surface area contributed by atoms with Gasteiger partial charge in [-0.1, -0.05) is 6.42 Å². The fraction of sp³-hybridized carbons (Fsp3) is 0.556. The fourth-order valence-corrected chi connectivity index (χ4v) is 1.55. The summed E-state index contributed by atoms with van der Waals surface area (Å²) in [6.45, 7) is 0.803. The van der Waals surface area contributed by atoms with Crippen molar-refractivity contribution >= 4 is 17.5 Å². The number of aromatic nitrogens is 2. The zero-order chi connectivity index (χ0) is 11.5. The van der Waals surface area contributed by atoms with Gasteiger partial charge in [-0.05, 0) is 18.8 Å². The van der Waals surface area contributed by atoms with Crippen molar-refractivity contribution in [1.29, 1.82) is 0 Å². The molecule has 3 N–H and O–H groups in total. The van der Waals surface area contributed by atoms with Crippen LogP contribution < -0.4 is 11.1 Å². The Kier molecular flexibility index (Phi) is 2.84. The number of nitrogen functional groups attached to an aromatic ring is 1. The summed E-state index contributed by atoms with van der Waals surface area (Å²) in [5.41, 5.74) is 5.19. The molecule has 16 heavy (non-hydrogen) atoms. The maximum absolute atomic E-state index is 10.5. The molecule has 0 radical (unpaired) electrons. The van der Waals surface area contributed by atoms with Crippen LogP contribution in [0.5, 0.6) is 0 Å². The maximum Gasteiger partial charge on any atom is 0.329 e. The molecule has 0 atom stereocenters. The zero-order valence-corrected chi connectivity index (χ0v) is 8.72. The molecule has 0 aliphatic heterocycles. The first-order chi connectivity index (χ1) is 7.66. The van der Waals surface area contributed by atoms with Crippen LogP contribution in [0.15, 0.2) is 6.20 Å². The number of rotatable bonds is 4. The van der Waals surface area contributed by atoms with Crippen LogP contribution in [0.25, 0.3) is 0 Å². The first-order valence-electron chi connectivity index (χ1n) is 5.17. The SMILES string of the molecule is Nc1nc(NCC2CCC2)ncc1[N+](=O)[O-]. The highest BCUT2D eigenvalue weighted by molar-refractivity contribution is 5.53. The van der Waals surface area contributed by atoms with E-state index in [9.17, 15) is 10.1 Å². The molecule has 1 aliphatic carbocycles.